The van der Waals surface area contributed by atoms with E-state index in [4.69, 9.17) is 0 Å². The quantitative estimate of drug-likeness (QED) is 0.649. The van der Waals surface area contributed by atoms with Gasteiger partial charge in [-0.05, 0) is 75.3 Å². The van der Waals surface area contributed by atoms with Crippen molar-refractivity contribution in [3.63, 3.8) is 0 Å². The van der Waals surface area contributed by atoms with Crippen molar-refractivity contribution in [1.29, 1.82) is 0 Å². The molecule has 154 valence electrons. The van der Waals surface area contributed by atoms with E-state index in [0.717, 1.165) is 56.7 Å². The number of nitrogens with one attached hydrogen (secondary N) is 2. The van der Waals surface area contributed by atoms with Crippen molar-refractivity contribution in [2.75, 3.05) is 26.2 Å². The molecule has 5 nitrogen and oxygen atoms in total. The van der Waals surface area contributed by atoms with Gasteiger partial charge in [0.2, 0.25) is 11.8 Å². The number of likely N-dealkylation sites (N-methyl/N-ethyl adjacent to an activating group) is 1. The second kappa shape index (κ2) is 8.50. The predicted molar refractivity (Wildman–Crippen MR) is 108 cm³/mol. The first-order chi connectivity index (χ1) is 12.9. The highest BCUT2D eigenvalue weighted by Crippen LogP contribution is 2.60. The molecule has 4 rings (SSSR count). The fourth-order valence-corrected chi connectivity index (χ4v) is 6.21. The first kappa shape index (κ1) is 20.6. The summed E-state index contributed by atoms with van der Waals surface area (Å²) in [7, 11) is 0. The summed E-state index contributed by atoms with van der Waals surface area (Å²) in [5.74, 6) is 2.43. The van der Waals surface area contributed by atoms with Crippen molar-refractivity contribution in [3.8, 4) is 0 Å². The highest BCUT2D eigenvalue weighted by atomic mass is 16.2. The number of hydrogen-bond donors (Lipinski definition) is 2. The molecule has 2 N–H and O–H groups in total. The largest absolute Gasteiger partial charge is 0.353 e. The van der Waals surface area contributed by atoms with Crippen LogP contribution in [0.5, 0.6) is 0 Å². The molecular weight excluding hydrogens is 338 g/mol. The fourth-order valence-electron chi connectivity index (χ4n) is 6.21. The lowest BCUT2D eigenvalue weighted by atomic mass is 9.49. The Kier molecular flexibility index (Phi) is 6.50. The van der Waals surface area contributed by atoms with Gasteiger partial charge < -0.3 is 15.5 Å². The SMILES string of the molecule is CCN(CC)CCNC(=O)[C@@H](NC(=O)C12CC3CC(CC(C3)C1)C2)C(C)C. The summed E-state index contributed by atoms with van der Waals surface area (Å²) < 4.78 is 0. The van der Waals surface area contributed by atoms with Crippen LogP contribution in [0, 0.1) is 29.1 Å². The second-order valence-electron chi connectivity index (χ2n) is 9.71. The number of amides is 2. The predicted octanol–water partition coefficient (Wildman–Crippen LogP) is 2.80. The third kappa shape index (κ3) is 4.49. The zero-order chi connectivity index (χ0) is 19.6. The van der Waals surface area contributed by atoms with Gasteiger partial charge in [-0.15, -0.1) is 0 Å². The first-order valence-electron chi connectivity index (χ1n) is 11.2. The van der Waals surface area contributed by atoms with Crippen LogP contribution in [0.3, 0.4) is 0 Å². The molecule has 0 spiro atoms. The number of hydrogen-bond acceptors (Lipinski definition) is 3. The number of carbonyl (C=O) groups is 2. The van der Waals surface area contributed by atoms with Crippen LogP contribution >= 0.6 is 0 Å². The summed E-state index contributed by atoms with van der Waals surface area (Å²) in [6.45, 7) is 11.8. The van der Waals surface area contributed by atoms with E-state index in [1.165, 1.54) is 19.3 Å². The Labute approximate surface area is 165 Å². The Hall–Kier alpha value is -1.10. The Morgan fingerprint density at radius 3 is 1.96 bits per heavy atom. The van der Waals surface area contributed by atoms with Crippen molar-refractivity contribution in [3.05, 3.63) is 0 Å². The van der Waals surface area contributed by atoms with Crippen molar-refractivity contribution >= 4 is 11.8 Å². The van der Waals surface area contributed by atoms with Gasteiger partial charge in [0.05, 0.1) is 0 Å². The minimum Gasteiger partial charge on any atom is -0.353 e. The molecule has 0 heterocycles. The van der Waals surface area contributed by atoms with E-state index in [2.05, 4.69) is 29.4 Å². The van der Waals surface area contributed by atoms with Gasteiger partial charge in [0.1, 0.15) is 6.04 Å². The van der Waals surface area contributed by atoms with E-state index in [1.54, 1.807) is 0 Å². The van der Waals surface area contributed by atoms with E-state index in [0.29, 0.717) is 6.54 Å². The zero-order valence-electron chi connectivity index (χ0n) is 17.7. The molecule has 27 heavy (non-hydrogen) atoms. The molecule has 0 aromatic rings. The highest BCUT2D eigenvalue weighted by molar-refractivity contribution is 5.90. The van der Waals surface area contributed by atoms with Gasteiger partial charge in [0.15, 0.2) is 0 Å². The molecule has 0 aromatic carbocycles. The summed E-state index contributed by atoms with van der Waals surface area (Å²) in [5.41, 5.74) is -0.191. The zero-order valence-corrected chi connectivity index (χ0v) is 17.7. The molecule has 0 radical (unpaired) electrons. The minimum atomic E-state index is -0.429. The molecule has 4 aliphatic rings. The van der Waals surface area contributed by atoms with E-state index in [1.807, 2.05) is 13.8 Å². The minimum absolute atomic E-state index is 0.0322. The lowest BCUT2D eigenvalue weighted by molar-refractivity contribution is -0.149. The third-order valence-electron chi connectivity index (χ3n) is 7.38. The van der Waals surface area contributed by atoms with Gasteiger partial charge in [0, 0.05) is 18.5 Å². The summed E-state index contributed by atoms with van der Waals surface area (Å²) in [4.78, 5) is 28.3. The topological polar surface area (TPSA) is 61.4 Å². The summed E-state index contributed by atoms with van der Waals surface area (Å²) in [6.07, 6.45) is 7.10. The normalized spacial score (nSPS) is 32.7. The highest BCUT2D eigenvalue weighted by Gasteiger charge is 2.55. The molecule has 4 bridgehead atoms. The maximum absolute atomic E-state index is 13.3. The molecule has 4 aliphatic carbocycles. The molecule has 1 atom stereocenters. The Bertz CT molecular complexity index is 506. The third-order valence-corrected chi connectivity index (χ3v) is 7.38. The van der Waals surface area contributed by atoms with Crippen molar-refractivity contribution in [2.45, 2.75) is 72.3 Å². The van der Waals surface area contributed by atoms with Gasteiger partial charge in [-0.2, -0.15) is 0 Å². The van der Waals surface area contributed by atoms with Gasteiger partial charge in [-0.25, -0.2) is 0 Å². The monoisotopic (exact) mass is 377 g/mol. The van der Waals surface area contributed by atoms with Crippen LogP contribution in [0.2, 0.25) is 0 Å². The van der Waals surface area contributed by atoms with E-state index < -0.39 is 6.04 Å². The number of carbonyl (C=O) groups excluding carboxylic acids is 2. The summed E-state index contributed by atoms with van der Waals surface area (Å²) in [5, 5.41) is 6.22. The lowest BCUT2D eigenvalue weighted by Gasteiger charge is -2.55. The van der Waals surface area contributed by atoms with Crippen LogP contribution in [0.4, 0.5) is 0 Å². The van der Waals surface area contributed by atoms with Gasteiger partial charge in [-0.3, -0.25) is 9.59 Å². The molecule has 0 saturated heterocycles. The number of rotatable bonds is 9. The van der Waals surface area contributed by atoms with Gasteiger partial charge >= 0.3 is 0 Å². The van der Waals surface area contributed by atoms with Crippen LogP contribution in [0.1, 0.15) is 66.2 Å². The van der Waals surface area contributed by atoms with Crippen molar-refractivity contribution in [2.24, 2.45) is 29.1 Å². The molecule has 0 unspecified atom stereocenters. The smallest absolute Gasteiger partial charge is 0.242 e. The van der Waals surface area contributed by atoms with Crippen molar-refractivity contribution < 1.29 is 9.59 Å². The van der Waals surface area contributed by atoms with Crippen LogP contribution in [-0.4, -0.2) is 48.9 Å². The average Bonchev–Trinajstić information content (AvgIpc) is 2.61. The van der Waals surface area contributed by atoms with Gasteiger partial charge in [0.25, 0.3) is 0 Å². The Morgan fingerprint density at radius 1 is 1.00 bits per heavy atom. The standard InChI is InChI=1S/C22H39N3O2/c1-5-25(6-2)8-7-23-20(26)19(15(3)4)24-21(27)22-12-16-9-17(13-22)11-18(10-16)14-22/h15-19H,5-14H2,1-4H3,(H,23,26)(H,24,27)/t16?,17?,18?,19-,22?/m0/s1. The van der Waals surface area contributed by atoms with Crippen LogP contribution < -0.4 is 10.6 Å². The van der Waals surface area contributed by atoms with E-state index in [-0.39, 0.29) is 23.1 Å². The Morgan fingerprint density at radius 2 is 1.52 bits per heavy atom. The summed E-state index contributed by atoms with van der Waals surface area (Å²) in [6, 6.07) is -0.429. The molecule has 5 heteroatoms. The van der Waals surface area contributed by atoms with Crippen LogP contribution in [0.25, 0.3) is 0 Å². The fraction of sp³-hybridized carbons (Fsp3) is 0.909. The van der Waals surface area contributed by atoms with Crippen molar-refractivity contribution in [1.82, 2.24) is 15.5 Å². The second-order valence-corrected chi connectivity index (χ2v) is 9.71. The number of nitrogens with zero attached hydrogens (tertiary/aromatic N) is 1. The molecule has 2 amide bonds. The molecule has 0 aliphatic heterocycles. The maximum Gasteiger partial charge on any atom is 0.242 e. The molecule has 4 fully saturated rings. The van der Waals surface area contributed by atoms with Crippen LogP contribution in [0.15, 0.2) is 0 Å². The molecular formula is C22H39N3O2. The lowest BCUT2D eigenvalue weighted by Crippen LogP contribution is -2.58. The maximum atomic E-state index is 13.3. The first-order valence-corrected chi connectivity index (χ1v) is 11.2. The molecule has 0 aromatic heterocycles. The molecule has 4 saturated carbocycles. The van der Waals surface area contributed by atoms with Gasteiger partial charge in [-0.1, -0.05) is 27.7 Å². The van der Waals surface area contributed by atoms with E-state index in [9.17, 15) is 9.59 Å². The Balaban J connectivity index is 1.57. The summed E-state index contributed by atoms with van der Waals surface area (Å²) >= 11 is 0. The average molecular weight is 378 g/mol. The van der Waals surface area contributed by atoms with Crippen LogP contribution in [-0.2, 0) is 9.59 Å². The van der Waals surface area contributed by atoms with E-state index >= 15 is 0 Å².